The molecule has 3 atom stereocenters. The van der Waals surface area contributed by atoms with Crippen LogP contribution in [0.1, 0.15) is 28.3 Å². The minimum absolute atomic E-state index is 0.0885. The summed E-state index contributed by atoms with van der Waals surface area (Å²) in [6, 6.07) is 2.31. The molecule has 1 saturated carbocycles. The fourth-order valence-corrected chi connectivity index (χ4v) is 3.13. The summed E-state index contributed by atoms with van der Waals surface area (Å²) in [6.45, 7) is 0.0838. The molecule has 0 radical (unpaired) electrons. The lowest BCUT2D eigenvalue weighted by atomic mass is 9.95. The van der Waals surface area contributed by atoms with Gasteiger partial charge >= 0.3 is 5.97 Å². The van der Waals surface area contributed by atoms with E-state index in [1.807, 2.05) is 7.85 Å². The Labute approximate surface area is 145 Å². The molecule has 2 fully saturated rings. The van der Waals surface area contributed by atoms with E-state index < -0.39 is 18.6 Å². The monoisotopic (exact) mass is 348 g/mol. The average molecular weight is 348 g/mol. The average Bonchev–Trinajstić information content (AvgIpc) is 3.25. The quantitative estimate of drug-likeness (QED) is 0.480. The molecule has 0 spiro atoms. The summed E-state index contributed by atoms with van der Waals surface area (Å²) < 4.78 is 5.66. The summed E-state index contributed by atoms with van der Waals surface area (Å²) in [4.78, 5) is 24.8. The van der Waals surface area contributed by atoms with Crippen molar-refractivity contribution in [3.05, 3.63) is 23.3 Å². The number of ether oxygens (including phenoxy) is 1. The molecule has 5 N–H and O–H groups in total. The van der Waals surface area contributed by atoms with Crippen molar-refractivity contribution in [1.29, 1.82) is 0 Å². The third-order valence-electron chi connectivity index (χ3n) is 4.86. The Morgan fingerprint density at radius 2 is 2.04 bits per heavy atom. The predicted octanol–water partition coefficient (Wildman–Crippen LogP) is -1.09. The molecule has 1 saturated heterocycles. The molecule has 9 heteroatoms. The first-order chi connectivity index (χ1) is 11.8. The van der Waals surface area contributed by atoms with Gasteiger partial charge in [0.05, 0.1) is 19.7 Å². The maximum Gasteiger partial charge on any atom is 0.343 e. The Bertz CT molecular complexity index is 706. The number of amides is 1. The number of carbonyl (C=O) groups excluding carboxylic acids is 1. The molecule has 2 aliphatic rings. The topological polar surface area (TPSA) is 133 Å². The van der Waals surface area contributed by atoms with E-state index in [0.717, 1.165) is 6.42 Å². The van der Waals surface area contributed by atoms with E-state index in [0.29, 0.717) is 11.4 Å². The van der Waals surface area contributed by atoms with Gasteiger partial charge in [0.25, 0.3) is 0 Å². The number of rotatable bonds is 6. The largest absolute Gasteiger partial charge is 0.507 e. The first-order valence-corrected chi connectivity index (χ1v) is 8.24. The van der Waals surface area contributed by atoms with E-state index in [4.69, 9.17) is 15.6 Å². The van der Waals surface area contributed by atoms with Crippen molar-refractivity contribution >= 4 is 19.7 Å². The number of phenols is 1. The Morgan fingerprint density at radius 1 is 1.40 bits per heavy atom. The van der Waals surface area contributed by atoms with Gasteiger partial charge in [0.15, 0.2) is 0 Å². The van der Waals surface area contributed by atoms with Gasteiger partial charge in [0.1, 0.15) is 37.1 Å². The molecule has 0 bridgehead atoms. The molecule has 1 amide bonds. The molecule has 3 unspecified atom stereocenters. The van der Waals surface area contributed by atoms with Gasteiger partial charge in [0.2, 0.25) is 5.91 Å². The zero-order valence-electron chi connectivity index (χ0n) is 13.9. The molecule has 1 aliphatic carbocycles. The molecule has 134 valence electrons. The number of likely N-dealkylation sites (tertiary alicyclic amines) is 1. The summed E-state index contributed by atoms with van der Waals surface area (Å²) in [5.41, 5.74) is 5.87. The number of aromatic hydroxyl groups is 1. The zero-order chi connectivity index (χ0) is 18.3. The normalized spacial score (nSPS) is 23.7. The van der Waals surface area contributed by atoms with Gasteiger partial charge in [-0.3, -0.25) is 4.79 Å². The van der Waals surface area contributed by atoms with Crippen molar-refractivity contribution in [2.75, 3.05) is 19.7 Å². The van der Waals surface area contributed by atoms with Crippen molar-refractivity contribution in [3.63, 3.8) is 0 Å². The Morgan fingerprint density at radius 3 is 2.56 bits per heavy atom. The second-order valence-corrected chi connectivity index (χ2v) is 6.77. The number of aliphatic hydroxyl groups is 1. The van der Waals surface area contributed by atoms with Crippen LogP contribution >= 0.6 is 0 Å². The fraction of sp³-hybridized carbons (Fsp3) is 0.500. The molecule has 1 heterocycles. The van der Waals surface area contributed by atoms with Crippen LogP contribution in [-0.4, -0.2) is 71.8 Å². The first-order valence-electron chi connectivity index (χ1n) is 8.24. The van der Waals surface area contributed by atoms with E-state index in [1.165, 1.54) is 4.90 Å². The lowest BCUT2D eigenvalue weighted by molar-refractivity contribution is -0.142. The van der Waals surface area contributed by atoms with Gasteiger partial charge in [0, 0.05) is 0 Å². The lowest BCUT2D eigenvalue weighted by Gasteiger charge is -2.40. The summed E-state index contributed by atoms with van der Waals surface area (Å²) in [6.07, 6.45) is 0.551. The smallest absolute Gasteiger partial charge is 0.343 e. The zero-order valence-corrected chi connectivity index (χ0v) is 13.9. The molecular weight excluding hydrogens is 327 g/mol. The molecule has 0 aromatic heterocycles. The van der Waals surface area contributed by atoms with E-state index in [9.17, 15) is 19.8 Å². The number of carboxylic acids is 1. The van der Waals surface area contributed by atoms with Crippen LogP contribution in [0, 0.1) is 0 Å². The minimum Gasteiger partial charge on any atom is -0.507 e. The highest BCUT2D eigenvalue weighted by atomic mass is 16.5. The molecule has 25 heavy (non-hydrogen) atoms. The maximum atomic E-state index is 11.8. The minimum atomic E-state index is -1.25. The van der Waals surface area contributed by atoms with E-state index in [1.54, 1.807) is 12.1 Å². The lowest BCUT2D eigenvalue weighted by Crippen LogP contribution is -2.60. The third-order valence-corrected chi connectivity index (χ3v) is 4.86. The van der Waals surface area contributed by atoms with Crippen molar-refractivity contribution in [1.82, 2.24) is 4.90 Å². The van der Waals surface area contributed by atoms with E-state index in [2.05, 4.69) is 0 Å². The highest BCUT2D eigenvalue weighted by molar-refractivity contribution is 6.14. The number of nitrogens with two attached hydrogens (primary N) is 1. The molecular formula is C16H21BN2O6. The van der Waals surface area contributed by atoms with Gasteiger partial charge in [-0.1, -0.05) is 18.3 Å². The van der Waals surface area contributed by atoms with Crippen LogP contribution in [0.3, 0.4) is 0 Å². The van der Waals surface area contributed by atoms with Crippen molar-refractivity contribution in [3.8, 4) is 11.5 Å². The van der Waals surface area contributed by atoms with E-state index in [-0.39, 0.29) is 48.1 Å². The van der Waals surface area contributed by atoms with Gasteiger partial charge in [-0.05, 0) is 17.5 Å². The van der Waals surface area contributed by atoms with Gasteiger partial charge in [-0.15, -0.1) is 0 Å². The molecule has 1 aromatic carbocycles. The molecule has 3 rings (SSSR count). The predicted molar refractivity (Wildman–Crippen MR) is 90.8 cm³/mol. The number of aliphatic hydroxyl groups excluding tert-OH is 1. The summed E-state index contributed by atoms with van der Waals surface area (Å²) in [7, 11) is 2.05. The molecule has 8 nitrogen and oxygen atoms in total. The molecule has 1 aromatic rings. The highest BCUT2D eigenvalue weighted by Gasteiger charge is 2.39. The maximum absolute atomic E-state index is 11.8. The number of carbonyl (C=O) groups is 2. The highest BCUT2D eigenvalue weighted by Crippen LogP contribution is 2.54. The Hall–Kier alpha value is -2.26. The van der Waals surface area contributed by atoms with Gasteiger partial charge in [-0.25, -0.2) is 4.79 Å². The van der Waals surface area contributed by atoms with Crippen LogP contribution in [0.15, 0.2) is 12.1 Å². The standard InChI is InChI=1S/C16H21BN2O6/c17-10-3-9(10)8-1-2-12(13(14(8)21)16(23)24)25-7-4-19(5-7)15(22)11(18)6-20/h1-2,7,9-11,20-21H,3-6,17-18H2,(H,23,24). The van der Waals surface area contributed by atoms with Crippen LogP contribution in [0.25, 0.3) is 0 Å². The Kier molecular flexibility index (Phi) is 4.61. The van der Waals surface area contributed by atoms with Crippen LogP contribution in [0.5, 0.6) is 11.5 Å². The Balaban J connectivity index is 1.70. The number of benzene rings is 1. The van der Waals surface area contributed by atoms with Crippen LogP contribution in [-0.2, 0) is 4.79 Å². The summed E-state index contributed by atoms with van der Waals surface area (Å²) >= 11 is 0. The first kappa shape index (κ1) is 17.6. The molecule has 1 aliphatic heterocycles. The van der Waals surface area contributed by atoms with Gasteiger partial charge < -0.3 is 30.7 Å². The number of hydrogen-bond donors (Lipinski definition) is 4. The summed E-state index contributed by atoms with van der Waals surface area (Å²) in [5, 5.41) is 28.7. The van der Waals surface area contributed by atoms with E-state index >= 15 is 0 Å². The van der Waals surface area contributed by atoms with Crippen LogP contribution in [0.2, 0.25) is 5.82 Å². The second kappa shape index (κ2) is 6.57. The third kappa shape index (κ3) is 3.29. The number of hydrogen-bond acceptors (Lipinski definition) is 6. The summed E-state index contributed by atoms with van der Waals surface area (Å²) in [5.74, 6) is -1.16. The van der Waals surface area contributed by atoms with Gasteiger partial charge in [-0.2, -0.15) is 0 Å². The van der Waals surface area contributed by atoms with Crippen molar-refractivity contribution in [2.24, 2.45) is 5.73 Å². The number of carboxylic acid groups (broad SMARTS) is 1. The van der Waals surface area contributed by atoms with Crippen molar-refractivity contribution < 1.29 is 29.6 Å². The number of aromatic carboxylic acids is 1. The fourth-order valence-electron chi connectivity index (χ4n) is 3.13. The van der Waals surface area contributed by atoms with Crippen molar-refractivity contribution in [2.45, 2.75) is 30.3 Å². The van der Waals surface area contributed by atoms with Crippen LogP contribution in [0.4, 0.5) is 0 Å². The second-order valence-electron chi connectivity index (χ2n) is 6.77. The number of nitrogens with zero attached hydrogens (tertiary/aromatic N) is 1. The SMILES string of the molecule is BC1CC1c1ccc(OC2CN(C(=O)C(N)CO)C2)c(C(=O)O)c1O. The van der Waals surface area contributed by atoms with Crippen LogP contribution < -0.4 is 10.5 Å².